The SMILES string of the molecule is CSCC[C@H](NC(=O)[C@H](C)NC(=O)CNC(=O)[C@@H](N)C(C)C)C(=O)N1CCC[C@H]1C(=O)NCC(=O)O. The summed E-state index contributed by atoms with van der Waals surface area (Å²) in [5.74, 6) is -3.41. The van der Waals surface area contributed by atoms with Crippen LogP contribution in [0.15, 0.2) is 0 Å². The quantitative estimate of drug-likeness (QED) is 0.147. The van der Waals surface area contributed by atoms with E-state index in [1.807, 2.05) is 6.26 Å². The molecule has 5 amide bonds. The smallest absolute Gasteiger partial charge is 0.322 e. The summed E-state index contributed by atoms with van der Waals surface area (Å²) >= 11 is 1.48. The van der Waals surface area contributed by atoms with E-state index in [-0.39, 0.29) is 12.5 Å². The summed E-state index contributed by atoms with van der Waals surface area (Å²) in [6.45, 7) is 4.40. The molecule has 1 aliphatic rings. The van der Waals surface area contributed by atoms with Crippen LogP contribution in [0, 0.1) is 5.92 Å². The Labute approximate surface area is 215 Å². The number of nitrogens with one attached hydrogen (secondary N) is 4. The van der Waals surface area contributed by atoms with E-state index in [0.717, 1.165) is 0 Å². The Morgan fingerprint density at radius 1 is 1.03 bits per heavy atom. The lowest BCUT2D eigenvalue weighted by atomic mass is 10.1. The molecular weight excluding hydrogens is 492 g/mol. The van der Waals surface area contributed by atoms with Gasteiger partial charge in [-0.2, -0.15) is 11.8 Å². The number of amides is 5. The zero-order chi connectivity index (χ0) is 27.4. The summed E-state index contributed by atoms with van der Waals surface area (Å²) in [6.07, 6.45) is 3.11. The summed E-state index contributed by atoms with van der Waals surface area (Å²) in [5.41, 5.74) is 5.73. The lowest BCUT2D eigenvalue weighted by Gasteiger charge is -2.29. The van der Waals surface area contributed by atoms with E-state index in [2.05, 4.69) is 21.3 Å². The van der Waals surface area contributed by atoms with Crippen LogP contribution in [0.1, 0.15) is 40.0 Å². The number of carbonyl (C=O) groups is 6. The van der Waals surface area contributed by atoms with Gasteiger partial charge in [-0.3, -0.25) is 28.8 Å². The molecule has 0 aliphatic carbocycles. The Morgan fingerprint density at radius 3 is 2.28 bits per heavy atom. The average Bonchev–Trinajstić information content (AvgIpc) is 3.32. The molecule has 1 rings (SSSR count). The maximum Gasteiger partial charge on any atom is 0.322 e. The van der Waals surface area contributed by atoms with Gasteiger partial charge in [0.1, 0.15) is 24.7 Å². The van der Waals surface area contributed by atoms with Gasteiger partial charge in [0.05, 0.1) is 12.6 Å². The molecular formula is C22H38N6O7S. The van der Waals surface area contributed by atoms with E-state index in [4.69, 9.17) is 10.8 Å². The van der Waals surface area contributed by atoms with Crippen LogP contribution in [0.4, 0.5) is 0 Å². The maximum atomic E-state index is 13.2. The van der Waals surface area contributed by atoms with Gasteiger partial charge < -0.3 is 37.0 Å². The molecule has 13 nitrogen and oxygen atoms in total. The molecule has 0 bridgehead atoms. The van der Waals surface area contributed by atoms with Crippen LogP contribution >= 0.6 is 11.8 Å². The number of thioether (sulfide) groups is 1. The summed E-state index contributed by atoms with van der Waals surface area (Å²) < 4.78 is 0. The van der Waals surface area contributed by atoms with Gasteiger partial charge in [-0.15, -0.1) is 0 Å². The highest BCUT2D eigenvalue weighted by atomic mass is 32.2. The monoisotopic (exact) mass is 530 g/mol. The highest BCUT2D eigenvalue weighted by molar-refractivity contribution is 7.98. The van der Waals surface area contributed by atoms with Crippen molar-refractivity contribution in [3.63, 3.8) is 0 Å². The second kappa shape index (κ2) is 15.3. The first-order chi connectivity index (χ1) is 16.9. The van der Waals surface area contributed by atoms with Gasteiger partial charge >= 0.3 is 5.97 Å². The lowest BCUT2D eigenvalue weighted by Crippen LogP contribution is -2.57. The molecule has 0 spiro atoms. The van der Waals surface area contributed by atoms with Gasteiger partial charge in [-0.1, -0.05) is 13.8 Å². The van der Waals surface area contributed by atoms with Gasteiger partial charge in [0.2, 0.25) is 29.5 Å². The molecule has 0 unspecified atom stereocenters. The van der Waals surface area contributed by atoms with Crippen LogP contribution in [-0.2, 0) is 28.8 Å². The fraction of sp³-hybridized carbons (Fsp3) is 0.727. The number of rotatable bonds is 14. The fourth-order valence-electron chi connectivity index (χ4n) is 3.52. The predicted molar refractivity (Wildman–Crippen MR) is 134 cm³/mol. The summed E-state index contributed by atoms with van der Waals surface area (Å²) in [6, 6.07) is -3.50. The van der Waals surface area contributed by atoms with E-state index in [0.29, 0.717) is 31.6 Å². The molecule has 14 heteroatoms. The van der Waals surface area contributed by atoms with Crippen molar-refractivity contribution in [2.45, 2.75) is 64.2 Å². The number of carboxylic acid groups (broad SMARTS) is 1. The Morgan fingerprint density at radius 2 is 1.69 bits per heavy atom. The summed E-state index contributed by atoms with van der Waals surface area (Å²) in [4.78, 5) is 74.6. The summed E-state index contributed by atoms with van der Waals surface area (Å²) in [5, 5.41) is 18.6. The number of nitrogens with two attached hydrogens (primary N) is 1. The molecule has 1 aliphatic heterocycles. The highest BCUT2D eigenvalue weighted by Gasteiger charge is 2.38. The van der Waals surface area contributed by atoms with Crippen molar-refractivity contribution in [1.82, 2.24) is 26.2 Å². The highest BCUT2D eigenvalue weighted by Crippen LogP contribution is 2.20. The van der Waals surface area contributed by atoms with Gasteiger partial charge in [0.15, 0.2) is 0 Å². The Kier molecular flexibility index (Phi) is 13.2. The average molecular weight is 531 g/mol. The van der Waals surface area contributed by atoms with E-state index < -0.39 is 66.2 Å². The number of aliphatic carboxylic acids is 1. The Balaban J connectivity index is 2.74. The Bertz CT molecular complexity index is 825. The van der Waals surface area contributed by atoms with Gasteiger partial charge in [0.25, 0.3) is 0 Å². The first kappa shape index (κ1) is 31.2. The van der Waals surface area contributed by atoms with Gasteiger partial charge in [-0.25, -0.2) is 0 Å². The van der Waals surface area contributed by atoms with E-state index in [1.165, 1.54) is 23.6 Å². The van der Waals surface area contributed by atoms with Crippen LogP contribution < -0.4 is 27.0 Å². The minimum atomic E-state index is -1.19. The topological polar surface area (TPSA) is 200 Å². The number of carboxylic acids is 1. The molecule has 0 saturated carbocycles. The van der Waals surface area contributed by atoms with Crippen molar-refractivity contribution >= 4 is 47.3 Å². The van der Waals surface area contributed by atoms with Crippen LogP contribution in [0.3, 0.4) is 0 Å². The van der Waals surface area contributed by atoms with Crippen molar-refractivity contribution in [1.29, 1.82) is 0 Å². The molecule has 1 saturated heterocycles. The first-order valence-corrected chi connectivity index (χ1v) is 13.2. The zero-order valence-corrected chi connectivity index (χ0v) is 22.0. The molecule has 0 radical (unpaired) electrons. The van der Waals surface area contributed by atoms with Crippen LogP contribution in [0.25, 0.3) is 0 Å². The number of hydrogen-bond acceptors (Lipinski definition) is 8. The number of nitrogens with zero attached hydrogens (tertiary/aromatic N) is 1. The van der Waals surface area contributed by atoms with E-state index >= 15 is 0 Å². The molecule has 4 atom stereocenters. The van der Waals surface area contributed by atoms with Crippen LogP contribution in [0.2, 0.25) is 0 Å². The normalized spacial score (nSPS) is 17.6. The minimum Gasteiger partial charge on any atom is -0.480 e. The van der Waals surface area contributed by atoms with E-state index in [1.54, 1.807) is 13.8 Å². The van der Waals surface area contributed by atoms with Gasteiger partial charge in [-0.05, 0) is 44.1 Å². The second-order valence-corrected chi connectivity index (χ2v) is 9.91. The minimum absolute atomic E-state index is 0.105. The third kappa shape index (κ3) is 10.0. The predicted octanol–water partition coefficient (Wildman–Crippen LogP) is -1.98. The van der Waals surface area contributed by atoms with Crippen molar-refractivity contribution in [2.24, 2.45) is 11.7 Å². The third-order valence-electron chi connectivity index (χ3n) is 5.69. The molecule has 0 aromatic carbocycles. The van der Waals surface area contributed by atoms with Crippen molar-refractivity contribution in [2.75, 3.05) is 31.6 Å². The number of carbonyl (C=O) groups excluding carboxylic acids is 5. The first-order valence-electron chi connectivity index (χ1n) is 11.8. The van der Waals surface area contributed by atoms with Gasteiger partial charge in [0, 0.05) is 6.54 Å². The number of likely N-dealkylation sites (tertiary alicyclic amines) is 1. The van der Waals surface area contributed by atoms with Crippen LogP contribution in [0.5, 0.6) is 0 Å². The molecule has 36 heavy (non-hydrogen) atoms. The largest absolute Gasteiger partial charge is 0.480 e. The molecule has 0 aromatic heterocycles. The van der Waals surface area contributed by atoms with Crippen molar-refractivity contribution in [3.8, 4) is 0 Å². The standard InChI is InChI=1S/C22H38N6O7S/c1-12(2)18(23)21(34)24-10-16(29)26-13(3)19(32)27-14(7-9-36-4)22(35)28-8-5-6-15(28)20(33)25-11-17(30)31/h12-15,18H,5-11,23H2,1-4H3,(H,24,34)(H,25,33)(H,26,29)(H,27,32)(H,30,31)/t13-,14-,15-,18-/m0/s1. The van der Waals surface area contributed by atoms with Crippen molar-refractivity contribution in [3.05, 3.63) is 0 Å². The second-order valence-electron chi connectivity index (χ2n) is 8.92. The fourth-order valence-corrected chi connectivity index (χ4v) is 3.99. The maximum absolute atomic E-state index is 13.2. The molecule has 1 heterocycles. The molecule has 204 valence electrons. The summed E-state index contributed by atoms with van der Waals surface area (Å²) in [7, 11) is 0. The van der Waals surface area contributed by atoms with E-state index in [9.17, 15) is 28.8 Å². The van der Waals surface area contributed by atoms with Crippen LogP contribution in [-0.4, -0.2) is 101 Å². The third-order valence-corrected chi connectivity index (χ3v) is 6.34. The lowest BCUT2D eigenvalue weighted by molar-refractivity contribution is -0.143. The molecule has 1 fully saturated rings. The Hall–Kier alpha value is -2.87. The number of hydrogen-bond donors (Lipinski definition) is 6. The molecule has 7 N–H and O–H groups in total. The van der Waals surface area contributed by atoms with Crippen molar-refractivity contribution < 1.29 is 33.9 Å². The molecule has 0 aromatic rings. The zero-order valence-electron chi connectivity index (χ0n) is 21.2.